The Labute approximate surface area is 140 Å². The first-order chi connectivity index (χ1) is 8.49. The zero-order valence-corrected chi connectivity index (χ0v) is 16.8. The molecule has 0 fully saturated rings. The molecule has 0 saturated carbocycles. The molecule has 0 heterocycles. The van der Waals surface area contributed by atoms with Crippen LogP contribution in [0.15, 0.2) is 0 Å². The van der Waals surface area contributed by atoms with Crippen LogP contribution in [0.5, 0.6) is 0 Å². The summed E-state index contributed by atoms with van der Waals surface area (Å²) >= 11 is 4.88. The predicted octanol–water partition coefficient (Wildman–Crippen LogP) is 4.59. The van der Waals surface area contributed by atoms with E-state index in [2.05, 4.69) is 83.6 Å². The van der Waals surface area contributed by atoms with Crippen LogP contribution in [-0.4, -0.2) is 37.9 Å². The quantitative estimate of drug-likeness (QED) is 0.203. The smallest absolute Gasteiger partial charge is 0.107 e. The molecule has 3 unspecified atom stereocenters. The van der Waals surface area contributed by atoms with Crippen LogP contribution in [0, 0.1) is 11.3 Å². The molecule has 0 aromatic heterocycles. The zero-order chi connectivity index (χ0) is 14.1. The molecule has 3 nitrogen and oxygen atoms in total. The van der Waals surface area contributed by atoms with Gasteiger partial charge in [-0.1, -0.05) is 59.0 Å². The van der Waals surface area contributed by atoms with E-state index in [1.165, 1.54) is 0 Å². The second-order valence-electron chi connectivity index (χ2n) is 4.52. The highest BCUT2D eigenvalue weighted by molar-refractivity contribution is 14.1. The summed E-state index contributed by atoms with van der Waals surface area (Å²) in [4.78, 5) is 0. The van der Waals surface area contributed by atoms with Gasteiger partial charge in [0.25, 0.3) is 0 Å². The second kappa shape index (κ2) is 11.0. The summed E-state index contributed by atoms with van der Waals surface area (Å²) in [5.74, 6) is 0. The highest BCUT2D eigenvalue weighted by Crippen LogP contribution is 2.49. The highest BCUT2D eigenvalue weighted by atomic mass is 127. The van der Waals surface area contributed by atoms with Gasteiger partial charge in [-0.25, -0.2) is 0 Å². The van der Waals surface area contributed by atoms with Crippen molar-refractivity contribution in [1.29, 1.82) is 5.26 Å². The van der Waals surface area contributed by atoms with E-state index in [0.29, 0.717) is 30.8 Å². The van der Waals surface area contributed by atoms with Crippen LogP contribution in [0.1, 0.15) is 34.1 Å². The van der Waals surface area contributed by atoms with Crippen molar-refractivity contribution in [2.24, 2.45) is 0 Å². The Morgan fingerprint density at radius 2 is 1.67 bits per heavy atom. The molecule has 0 spiro atoms. The van der Waals surface area contributed by atoms with Crippen LogP contribution in [0.4, 0.5) is 0 Å². The summed E-state index contributed by atoms with van der Waals surface area (Å²) in [5.41, 5.74) is 0.495. The van der Waals surface area contributed by atoms with Crippen LogP contribution in [0.25, 0.3) is 0 Å². The van der Waals surface area contributed by atoms with Crippen molar-refractivity contribution in [2.45, 2.75) is 51.9 Å². The fourth-order valence-electron chi connectivity index (χ4n) is 1.63. The molecular formula is C12H23I2N2OP. The topological polar surface area (TPSA) is 36.3 Å². The molecule has 0 aliphatic heterocycles. The minimum atomic E-state index is -0.613. The third kappa shape index (κ3) is 6.65. The van der Waals surface area contributed by atoms with E-state index in [-0.39, 0.29) is 0 Å². The molecular weight excluding hydrogens is 473 g/mol. The van der Waals surface area contributed by atoms with E-state index in [9.17, 15) is 0 Å². The van der Waals surface area contributed by atoms with Crippen molar-refractivity contribution in [2.75, 3.05) is 15.5 Å². The van der Waals surface area contributed by atoms with Gasteiger partial charge in [-0.2, -0.15) is 5.26 Å². The van der Waals surface area contributed by atoms with Gasteiger partial charge in [0, 0.05) is 26.6 Å². The minimum absolute atomic E-state index is 0.483. The van der Waals surface area contributed by atoms with E-state index >= 15 is 0 Å². The number of alkyl halides is 2. The van der Waals surface area contributed by atoms with Crippen LogP contribution in [0.3, 0.4) is 0 Å². The van der Waals surface area contributed by atoms with E-state index in [1.54, 1.807) is 0 Å². The first kappa shape index (κ1) is 19.3. The Morgan fingerprint density at radius 1 is 1.17 bits per heavy atom. The van der Waals surface area contributed by atoms with Crippen LogP contribution < -0.4 is 0 Å². The summed E-state index contributed by atoms with van der Waals surface area (Å²) in [6, 6.07) is 3.19. The van der Waals surface area contributed by atoms with Crippen molar-refractivity contribution in [1.82, 2.24) is 4.67 Å². The number of nitrogens with zero attached hydrogens (tertiary/aromatic N) is 2. The maximum atomic E-state index is 8.63. The van der Waals surface area contributed by atoms with Crippen molar-refractivity contribution in [3.05, 3.63) is 0 Å². The van der Waals surface area contributed by atoms with E-state index in [4.69, 9.17) is 9.79 Å². The molecule has 18 heavy (non-hydrogen) atoms. The molecule has 0 rings (SSSR count). The second-order valence-corrected chi connectivity index (χ2v) is 8.64. The van der Waals surface area contributed by atoms with Crippen LogP contribution >= 0.6 is 53.5 Å². The SMILES string of the molecule is CC(CI)N(C(C)CI)P(OCCC#N)C(C)C. The average molecular weight is 496 g/mol. The summed E-state index contributed by atoms with van der Waals surface area (Å²) in [6.07, 6.45) is 0.483. The number of nitriles is 1. The number of hydrogen-bond donors (Lipinski definition) is 0. The number of halogens is 2. The molecule has 0 bridgehead atoms. The lowest BCUT2D eigenvalue weighted by atomic mass is 10.3. The van der Waals surface area contributed by atoms with Crippen molar-refractivity contribution >= 4 is 53.5 Å². The van der Waals surface area contributed by atoms with Gasteiger partial charge in [0.05, 0.1) is 19.1 Å². The molecule has 0 amide bonds. The number of rotatable bonds is 9. The molecule has 6 heteroatoms. The molecule has 3 atom stereocenters. The van der Waals surface area contributed by atoms with Crippen LogP contribution in [-0.2, 0) is 4.52 Å². The first-order valence-electron chi connectivity index (χ1n) is 6.18. The van der Waals surface area contributed by atoms with Crippen molar-refractivity contribution in [3.8, 4) is 6.07 Å². The lowest BCUT2D eigenvalue weighted by Crippen LogP contribution is -2.40. The molecule has 0 aliphatic carbocycles. The summed E-state index contributed by atoms with van der Waals surface area (Å²) in [7, 11) is -0.613. The van der Waals surface area contributed by atoms with E-state index in [1.807, 2.05) is 0 Å². The van der Waals surface area contributed by atoms with Gasteiger partial charge < -0.3 is 4.52 Å². The average Bonchev–Trinajstić information content (AvgIpc) is 2.36. The lowest BCUT2D eigenvalue weighted by molar-refractivity contribution is 0.260. The monoisotopic (exact) mass is 496 g/mol. The third-order valence-electron chi connectivity index (χ3n) is 2.46. The zero-order valence-electron chi connectivity index (χ0n) is 11.6. The predicted molar refractivity (Wildman–Crippen MR) is 96.8 cm³/mol. The standard InChI is InChI=1S/C12H23I2N2OP/c1-10(2)18(17-7-5-6-15)16(11(3)8-13)12(4)9-14/h10-12H,5,7-9H2,1-4H3. The van der Waals surface area contributed by atoms with Crippen molar-refractivity contribution in [3.63, 3.8) is 0 Å². The van der Waals surface area contributed by atoms with Gasteiger partial charge in [-0.3, -0.25) is 4.67 Å². The Hall–Kier alpha value is 1.30. The summed E-state index contributed by atoms with van der Waals surface area (Å²) in [6.45, 7) is 9.51. The molecule has 0 aromatic rings. The normalized spacial score (nSPS) is 16.6. The van der Waals surface area contributed by atoms with Crippen molar-refractivity contribution < 1.29 is 4.52 Å². The highest BCUT2D eigenvalue weighted by Gasteiger charge is 2.30. The Kier molecular flexibility index (Phi) is 11.8. The van der Waals surface area contributed by atoms with E-state index < -0.39 is 8.30 Å². The van der Waals surface area contributed by atoms with Gasteiger partial charge >= 0.3 is 0 Å². The molecule has 0 radical (unpaired) electrons. The fourth-order valence-corrected chi connectivity index (χ4v) is 5.29. The minimum Gasteiger partial charge on any atom is -0.342 e. The molecule has 0 aromatic carbocycles. The summed E-state index contributed by atoms with van der Waals surface area (Å²) < 4.78 is 10.7. The molecule has 106 valence electrons. The Balaban J connectivity index is 4.80. The van der Waals surface area contributed by atoms with Gasteiger partial charge in [0.1, 0.15) is 8.30 Å². The molecule has 0 N–H and O–H groups in total. The maximum Gasteiger partial charge on any atom is 0.107 e. The Morgan fingerprint density at radius 3 is 2.00 bits per heavy atom. The van der Waals surface area contributed by atoms with Gasteiger partial charge in [-0.15, -0.1) is 0 Å². The molecule has 0 aliphatic rings. The van der Waals surface area contributed by atoms with Gasteiger partial charge in [0.2, 0.25) is 0 Å². The van der Waals surface area contributed by atoms with E-state index in [0.717, 1.165) is 8.86 Å². The summed E-state index contributed by atoms with van der Waals surface area (Å²) in [5, 5.41) is 8.63. The van der Waals surface area contributed by atoms with Crippen LogP contribution in [0.2, 0.25) is 0 Å². The molecule has 0 saturated heterocycles. The first-order valence-corrected chi connectivity index (χ1v) is 10.5. The van der Waals surface area contributed by atoms with Gasteiger partial charge in [-0.05, 0) is 13.8 Å². The Bertz CT molecular complexity index is 251. The maximum absolute atomic E-state index is 8.63. The fraction of sp³-hybridized carbons (Fsp3) is 0.917. The lowest BCUT2D eigenvalue weighted by Gasteiger charge is -2.40. The van der Waals surface area contributed by atoms with Gasteiger partial charge in [0.15, 0.2) is 0 Å². The largest absolute Gasteiger partial charge is 0.342 e. The number of hydrogen-bond acceptors (Lipinski definition) is 3. The third-order valence-corrected chi connectivity index (χ3v) is 7.58.